The molecule has 0 saturated carbocycles. The molecule has 5 saturated heterocycles. The Bertz CT molecular complexity index is 4420. The van der Waals surface area contributed by atoms with Gasteiger partial charge in [0.15, 0.2) is 55.9 Å². The molecule has 5 heterocycles. The number of halogens is 9. The van der Waals surface area contributed by atoms with E-state index in [1.807, 2.05) is 78.9 Å². The van der Waals surface area contributed by atoms with Crippen molar-refractivity contribution in [3.05, 3.63) is 215 Å². The minimum absolute atomic E-state index is 0.000359. The van der Waals surface area contributed by atoms with Gasteiger partial charge in [-0.05, 0) is 48.6 Å². The van der Waals surface area contributed by atoms with Crippen LogP contribution in [-0.4, -0.2) is 223 Å². The molecule has 31 nitrogen and oxygen atoms in total. The fraction of sp³-hybridized carbons (Fsp3) is 0.500. The number of rotatable bonds is 35. The topological polar surface area (TPSA) is 347 Å². The quantitative estimate of drug-likeness (QED) is 0.0212. The van der Waals surface area contributed by atoms with E-state index in [4.69, 9.17) is 209 Å². The van der Waals surface area contributed by atoms with E-state index in [2.05, 4.69) is 10.6 Å². The molecule has 2 N–H and O–H groups in total. The van der Waals surface area contributed by atoms with Crippen LogP contribution in [0.25, 0.3) is 0 Å². The third kappa shape index (κ3) is 30.9. The predicted molar refractivity (Wildman–Crippen MR) is 453 cm³/mol. The van der Waals surface area contributed by atoms with Crippen LogP contribution in [0.5, 0.6) is 0 Å². The van der Waals surface area contributed by atoms with E-state index in [1.165, 1.54) is 0 Å². The highest BCUT2D eigenvalue weighted by Gasteiger charge is 2.62. The van der Waals surface area contributed by atoms with E-state index in [1.54, 1.807) is 124 Å². The van der Waals surface area contributed by atoms with Crippen LogP contribution in [0.1, 0.15) is 81.2 Å². The summed E-state index contributed by atoms with van der Waals surface area (Å²) in [6, 6.07) is 49.6. The summed E-state index contributed by atoms with van der Waals surface area (Å²) in [6.07, 6.45) is -37.2. The minimum atomic E-state index is -2.25. The SMILES string of the molecule is CC(=O)OC[C@H]1O[C@@H](O[C@@H]2[C@H](O[C@@H]3O[C@@H]4CO[C@@H](c5ccccc5)O[C@H]4[C@H](OC(=O)OCC(Cl)(Cl)Cl)[C@H]3NC(=O)OCC(Cl)(Cl)Cl)[C@@H](OCc3ccccc3)[C@H](O[C@H]3[C@H](OCc4ccccc4)[C@@H](OC(=O)C(C)(C)C)[C@H](OCc4ccccc4)O[C@@H]3COCc3ccccc3)O[C@@H]2COCc2ccccc2)[C@H](NC(=O)OCC(Cl)(Cl)Cl)[C@@H](OC(C)=O)[C@H]1OC(C)=O. The fourth-order valence-corrected chi connectivity index (χ4v) is 14.4. The van der Waals surface area contributed by atoms with Crippen LogP contribution in [0.4, 0.5) is 14.4 Å². The van der Waals surface area contributed by atoms with Crippen molar-refractivity contribution in [2.75, 3.05) is 46.2 Å². The van der Waals surface area contributed by atoms with Crippen molar-refractivity contribution in [3.63, 3.8) is 0 Å². The molecule has 5 fully saturated rings. The molecule has 0 radical (unpaired) electrons. The maximum atomic E-state index is 14.9. The number of esters is 4. The van der Waals surface area contributed by atoms with Crippen molar-refractivity contribution < 1.29 is 138 Å². The number of alkyl carbamates (subject to hydrolysis) is 2. The second-order valence-corrected chi connectivity index (χ2v) is 38.0. The molecule has 5 aliphatic heterocycles. The number of carbonyl (C=O) groups is 7. The average molecular weight is 1940 g/mol. The van der Waals surface area contributed by atoms with Gasteiger partial charge in [-0.3, -0.25) is 19.2 Å². The van der Waals surface area contributed by atoms with Gasteiger partial charge in [-0.2, -0.15) is 0 Å². The zero-order valence-electron chi connectivity index (χ0n) is 68.7. The number of benzene rings is 6. The van der Waals surface area contributed by atoms with Gasteiger partial charge < -0.3 is 115 Å². The number of fused-ring (bicyclic) bond motifs is 1. The first kappa shape index (κ1) is 99.6. The van der Waals surface area contributed by atoms with Crippen LogP contribution in [0.3, 0.4) is 0 Å². The summed E-state index contributed by atoms with van der Waals surface area (Å²) >= 11 is 55.7. The van der Waals surface area contributed by atoms with Crippen LogP contribution in [0.15, 0.2) is 182 Å². The molecule has 0 aliphatic carbocycles. The van der Waals surface area contributed by atoms with Crippen molar-refractivity contribution in [1.29, 1.82) is 0 Å². The lowest BCUT2D eigenvalue weighted by molar-refractivity contribution is -0.404. The van der Waals surface area contributed by atoms with E-state index >= 15 is 0 Å². The molecule has 0 unspecified atom stereocenters. The molecule has 40 heteroatoms. The molecule has 126 heavy (non-hydrogen) atoms. The number of alkyl halides is 9. The number of amides is 2. The van der Waals surface area contributed by atoms with Gasteiger partial charge in [0.2, 0.25) is 11.4 Å². The zero-order valence-corrected chi connectivity index (χ0v) is 75.5. The van der Waals surface area contributed by atoms with Gasteiger partial charge in [0.05, 0.1) is 58.3 Å². The standard InChI is InChI=1S/C86H95Cl9N2O29/c1-49(98)107-44-60-64(115-50(2)99)68(116-51(3)100)62(96-80(102)112-46-84(87,88)89)75(117-60)122-67-59(43-106-38-53-27-15-8-16-28-53)120-78(123-66-58(42-105-37-52-25-13-7-14-26-52)119-77(110-41-56-33-21-11-22-34-56)73(125-79(101)83(4,5)6)70(66)108-39-54-29-17-9-18-30-54)72(109-40-55-31-19-10-20-32-55)71(67)124-76-63(97-81(103)113-47-85(90,91)92)69(126-82(104)114-48-86(93,94)95)65-61(118-76)45-111-74(121-65)57-35-23-12-24-36-57/h7-36,58-78H,37-48H2,1-6H3,(H,96,102)(H,97,103)/t58-,59-,60-,61-,62-,63-,64+,65-,66-,67+,68-,69-,70+,71+,72-,73-,74-,75+,76+,77-,78+/m1/s1. The van der Waals surface area contributed by atoms with Crippen LogP contribution in [0, 0.1) is 5.41 Å². The summed E-state index contributed by atoms with van der Waals surface area (Å²) in [5, 5.41) is 5.25. The maximum absolute atomic E-state index is 14.9. The molecule has 6 aromatic carbocycles. The number of hydrogen-bond acceptors (Lipinski definition) is 29. The van der Waals surface area contributed by atoms with Gasteiger partial charge >= 0.3 is 42.2 Å². The Balaban J connectivity index is 1.16. The Hall–Kier alpha value is -6.94. The number of ether oxygens (including phenoxy) is 22. The summed E-state index contributed by atoms with van der Waals surface area (Å²) < 4.78 is 139. The summed E-state index contributed by atoms with van der Waals surface area (Å²) in [6.45, 7) is 2.36. The molecular formula is C86H95Cl9N2O29. The van der Waals surface area contributed by atoms with Gasteiger partial charge in [0, 0.05) is 26.3 Å². The van der Waals surface area contributed by atoms with E-state index in [9.17, 15) is 33.6 Å². The summed E-state index contributed by atoms with van der Waals surface area (Å²) in [5.41, 5.74) is 2.48. The Kier molecular flexibility index (Phi) is 37.4. The minimum Gasteiger partial charge on any atom is -0.463 e. The van der Waals surface area contributed by atoms with Gasteiger partial charge in [0.1, 0.15) is 99.6 Å². The van der Waals surface area contributed by atoms with E-state index in [-0.39, 0.29) is 33.0 Å². The first-order valence-electron chi connectivity index (χ1n) is 39.8. The Morgan fingerprint density at radius 2 is 0.762 bits per heavy atom. The molecule has 0 bridgehead atoms. The molecular weight excluding hydrogens is 1840 g/mol. The second kappa shape index (κ2) is 47.2. The molecule has 686 valence electrons. The van der Waals surface area contributed by atoms with Gasteiger partial charge in [-0.15, -0.1) is 0 Å². The van der Waals surface area contributed by atoms with Crippen LogP contribution < -0.4 is 10.6 Å². The van der Waals surface area contributed by atoms with Crippen molar-refractivity contribution >= 4 is 147 Å². The number of nitrogens with one attached hydrogen (secondary N) is 2. The number of carbonyl (C=O) groups excluding carboxylic acids is 7. The second-order valence-electron chi connectivity index (χ2n) is 30.5. The predicted octanol–water partition coefficient (Wildman–Crippen LogP) is 14.2. The summed E-state index contributed by atoms with van der Waals surface area (Å²) in [5.74, 6) is -3.63. The number of hydrogen-bond donors (Lipinski definition) is 2. The van der Waals surface area contributed by atoms with Crippen molar-refractivity contribution in [2.24, 2.45) is 5.41 Å². The highest BCUT2D eigenvalue weighted by molar-refractivity contribution is 6.68. The van der Waals surface area contributed by atoms with Crippen LogP contribution >= 0.6 is 104 Å². The lowest BCUT2D eigenvalue weighted by Gasteiger charge is -2.53. The molecule has 0 aromatic heterocycles. The van der Waals surface area contributed by atoms with E-state index in [0.717, 1.165) is 26.3 Å². The zero-order chi connectivity index (χ0) is 90.3. The van der Waals surface area contributed by atoms with Crippen LogP contribution in [0.2, 0.25) is 0 Å². The highest BCUT2D eigenvalue weighted by Crippen LogP contribution is 2.44. The molecule has 0 spiro atoms. The summed E-state index contributed by atoms with van der Waals surface area (Å²) in [7, 11) is 0. The van der Waals surface area contributed by atoms with Crippen molar-refractivity contribution in [2.45, 2.75) is 215 Å². The molecule has 6 aromatic rings. The normalized spacial score (nSPS) is 27.5. The Morgan fingerprint density at radius 1 is 0.365 bits per heavy atom. The first-order valence-corrected chi connectivity index (χ1v) is 43.2. The lowest BCUT2D eigenvalue weighted by atomic mass is 9.93. The van der Waals surface area contributed by atoms with Gasteiger partial charge in [0.25, 0.3) is 0 Å². The molecule has 21 atom stereocenters. The molecule has 5 aliphatic rings. The third-order valence-corrected chi connectivity index (χ3v) is 20.5. The average Bonchev–Trinajstić information content (AvgIpc) is 0.749. The molecule has 11 rings (SSSR count). The Morgan fingerprint density at radius 3 is 1.24 bits per heavy atom. The van der Waals surface area contributed by atoms with Gasteiger partial charge in [-0.25, -0.2) is 14.4 Å². The van der Waals surface area contributed by atoms with Crippen molar-refractivity contribution in [3.8, 4) is 0 Å². The summed E-state index contributed by atoms with van der Waals surface area (Å²) in [4.78, 5) is 99.0. The smallest absolute Gasteiger partial charge is 0.463 e. The fourth-order valence-electron chi connectivity index (χ4n) is 13.9. The van der Waals surface area contributed by atoms with Gasteiger partial charge in [-0.1, -0.05) is 286 Å². The van der Waals surface area contributed by atoms with Crippen LogP contribution in [-0.2, 0) is 156 Å². The largest absolute Gasteiger partial charge is 0.508 e. The van der Waals surface area contributed by atoms with E-state index in [0.29, 0.717) is 27.8 Å². The Labute approximate surface area is 771 Å². The molecule has 2 amide bonds. The lowest BCUT2D eigenvalue weighted by Crippen LogP contribution is -2.72. The highest BCUT2D eigenvalue weighted by atomic mass is 35.6. The van der Waals surface area contributed by atoms with E-state index < -0.39 is 234 Å². The maximum Gasteiger partial charge on any atom is 0.508 e. The first-order chi connectivity index (χ1) is 60.1. The van der Waals surface area contributed by atoms with Crippen molar-refractivity contribution in [1.82, 2.24) is 10.6 Å². The third-order valence-electron chi connectivity index (χ3n) is 19.5. The monoisotopic (exact) mass is 1930 g/mol.